The number of alkyl halides is 5. The normalized spacial score (nSPS) is 33.6. The fourth-order valence-electron chi connectivity index (χ4n) is 5.33. The summed E-state index contributed by atoms with van der Waals surface area (Å²) >= 11 is 0. The summed E-state index contributed by atoms with van der Waals surface area (Å²) in [4.78, 5) is 24.6. The molecule has 7 nitrogen and oxygen atoms in total. The third-order valence-electron chi connectivity index (χ3n) is 6.49. The van der Waals surface area contributed by atoms with E-state index in [1.807, 2.05) is 0 Å². The molecule has 0 spiro atoms. The molecule has 0 heterocycles. The molecule has 176 valence electrons. The lowest BCUT2D eigenvalue weighted by Crippen LogP contribution is -2.53. The van der Waals surface area contributed by atoms with Crippen LogP contribution >= 0.6 is 0 Å². The van der Waals surface area contributed by atoms with Crippen molar-refractivity contribution in [1.29, 1.82) is 0 Å². The van der Waals surface area contributed by atoms with E-state index < -0.39 is 62.9 Å². The van der Waals surface area contributed by atoms with E-state index in [0.717, 1.165) is 0 Å². The SMILES string of the molecule is C=C(C)C(=O)OC12CCC3C(CC(C1)C3C(=O)OC(C(F)(F)F)C(F)(F)S(=O)(=O)O)C2. The molecule has 3 fully saturated rings. The summed E-state index contributed by atoms with van der Waals surface area (Å²) in [5.74, 6) is -4.65. The molecule has 13 heteroatoms. The highest BCUT2D eigenvalue weighted by atomic mass is 32.2. The maximum atomic E-state index is 13.8. The van der Waals surface area contributed by atoms with Crippen molar-refractivity contribution < 1.29 is 54.0 Å². The Morgan fingerprint density at radius 1 is 1.16 bits per heavy atom. The van der Waals surface area contributed by atoms with Crippen LogP contribution in [-0.2, 0) is 29.2 Å². The minimum atomic E-state index is -6.51. The Hall–Kier alpha value is -1.76. The minimum absolute atomic E-state index is 0.143. The highest BCUT2D eigenvalue weighted by molar-refractivity contribution is 7.86. The number of hydrogen-bond acceptors (Lipinski definition) is 6. The number of ether oxygens (including phenoxy) is 2. The van der Waals surface area contributed by atoms with E-state index in [2.05, 4.69) is 11.3 Å². The van der Waals surface area contributed by atoms with Crippen LogP contribution in [0, 0.1) is 23.7 Å². The van der Waals surface area contributed by atoms with Gasteiger partial charge in [0.25, 0.3) is 6.10 Å². The van der Waals surface area contributed by atoms with Gasteiger partial charge in [0, 0.05) is 5.57 Å². The quantitative estimate of drug-likeness (QED) is 0.271. The maximum Gasteiger partial charge on any atom is 0.432 e. The molecule has 3 rings (SSSR count). The van der Waals surface area contributed by atoms with Crippen molar-refractivity contribution in [2.45, 2.75) is 62.2 Å². The molecule has 6 atom stereocenters. The third kappa shape index (κ3) is 4.18. The van der Waals surface area contributed by atoms with Gasteiger partial charge >= 0.3 is 33.5 Å². The number of rotatable bonds is 6. The Balaban J connectivity index is 1.84. The topological polar surface area (TPSA) is 107 Å². The van der Waals surface area contributed by atoms with E-state index in [1.165, 1.54) is 6.92 Å². The van der Waals surface area contributed by atoms with Gasteiger partial charge in [-0.25, -0.2) is 4.79 Å². The Morgan fingerprint density at radius 2 is 1.74 bits per heavy atom. The van der Waals surface area contributed by atoms with E-state index >= 15 is 0 Å². The molecule has 0 radical (unpaired) electrons. The average molecular weight is 476 g/mol. The molecule has 3 aliphatic carbocycles. The van der Waals surface area contributed by atoms with Crippen LogP contribution in [0.2, 0.25) is 0 Å². The molecule has 0 aromatic heterocycles. The van der Waals surface area contributed by atoms with Crippen molar-refractivity contribution in [2.75, 3.05) is 0 Å². The molecular weight excluding hydrogens is 455 g/mol. The van der Waals surface area contributed by atoms with Crippen molar-refractivity contribution in [2.24, 2.45) is 23.7 Å². The van der Waals surface area contributed by atoms with Gasteiger partial charge in [-0.05, 0) is 56.8 Å². The van der Waals surface area contributed by atoms with Crippen LogP contribution in [-0.4, -0.2) is 48.0 Å². The monoisotopic (exact) mass is 476 g/mol. The first-order valence-electron chi connectivity index (χ1n) is 9.49. The summed E-state index contributed by atoms with van der Waals surface area (Å²) in [6.45, 7) is 4.95. The van der Waals surface area contributed by atoms with Gasteiger partial charge in [0.1, 0.15) is 5.60 Å². The molecule has 0 aromatic carbocycles. The zero-order valence-corrected chi connectivity index (χ0v) is 17.1. The van der Waals surface area contributed by atoms with Crippen molar-refractivity contribution in [3.63, 3.8) is 0 Å². The molecule has 0 aromatic rings. The van der Waals surface area contributed by atoms with Crippen LogP contribution in [0.3, 0.4) is 0 Å². The zero-order valence-electron chi connectivity index (χ0n) is 16.3. The summed E-state index contributed by atoms with van der Waals surface area (Å²) in [6.07, 6.45) is -8.71. The van der Waals surface area contributed by atoms with Gasteiger partial charge in [-0.15, -0.1) is 0 Å². The molecule has 0 aliphatic heterocycles. The van der Waals surface area contributed by atoms with Crippen LogP contribution in [0.25, 0.3) is 0 Å². The molecular formula is C18H21F5O7S. The fraction of sp³-hybridized carbons (Fsp3) is 0.778. The number of halogens is 5. The maximum absolute atomic E-state index is 13.8. The van der Waals surface area contributed by atoms with E-state index in [9.17, 15) is 40.0 Å². The van der Waals surface area contributed by atoms with Gasteiger partial charge in [0.2, 0.25) is 0 Å². The van der Waals surface area contributed by atoms with Crippen LogP contribution in [0.5, 0.6) is 0 Å². The Labute approximate surface area is 174 Å². The minimum Gasteiger partial charge on any atom is -0.456 e. The third-order valence-corrected chi connectivity index (χ3v) is 7.39. The molecule has 3 aliphatic rings. The fourth-order valence-corrected chi connectivity index (χ4v) is 5.78. The van der Waals surface area contributed by atoms with Gasteiger partial charge in [-0.1, -0.05) is 6.58 Å². The van der Waals surface area contributed by atoms with E-state index in [4.69, 9.17) is 9.29 Å². The Morgan fingerprint density at radius 3 is 2.26 bits per heavy atom. The van der Waals surface area contributed by atoms with Crippen LogP contribution < -0.4 is 0 Å². The van der Waals surface area contributed by atoms with Gasteiger partial charge in [-0.3, -0.25) is 9.35 Å². The summed E-state index contributed by atoms with van der Waals surface area (Å²) in [6, 6.07) is 0. The second-order valence-corrected chi connectivity index (χ2v) is 10.1. The standard InChI is InChI=1S/C18H21F5O7S/c1-8(2)13(24)30-16-4-3-11-9(6-16)5-10(7-16)12(11)14(25)29-15(17(19,20)21)18(22,23)31(26,27)28/h9-12,15H,1,3-7H2,2H3,(H,26,27,28). The molecule has 0 saturated heterocycles. The summed E-state index contributed by atoms with van der Waals surface area (Å²) in [5, 5.41) is -5.77. The smallest absolute Gasteiger partial charge is 0.432 e. The predicted molar refractivity (Wildman–Crippen MR) is 93.1 cm³/mol. The lowest BCUT2D eigenvalue weighted by atomic mass is 9.69. The second-order valence-electron chi connectivity index (χ2n) is 8.64. The van der Waals surface area contributed by atoms with Crippen molar-refractivity contribution in [3.05, 3.63) is 12.2 Å². The predicted octanol–water partition coefficient (Wildman–Crippen LogP) is 3.26. The molecule has 31 heavy (non-hydrogen) atoms. The Kier molecular flexibility index (Phi) is 5.70. The average Bonchev–Trinajstić information content (AvgIpc) is 2.78. The lowest BCUT2D eigenvalue weighted by molar-refractivity contribution is -0.261. The van der Waals surface area contributed by atoms with Gasteiger partial charge in [-0.2, -0.15) is 30.4 Å². The van der Waals surface area contributed by atoms with Crippen LogP contribution in [0.4, 0.5) is 22.0 Å². The highest BCUT2D eigenvalue weighted by Crippen LogP contribution is 2.61. The van der Waals surface area contributed by atoms with E-state index in [0.29, 0.717) is 25.7 Å². The van der Waals surface area contributed by atoms with Crippen molar-refractivity contribution in [3.8, 4) is 0 Å². The number of carbonyl (C=O) groups is 2. The number of hydrogen-bond donors (Lipinski definition) is 1. The first-order valence-corrected chi connectivity index (χ1v) is 10.9. The van der Waals surface area contributed by atoms with Gasteiger partial charge in [0.15, 0.2) is 0 Å². The van der Waals surface area contributed by atoms with Crippen molar-refractivity contribution in [1.82, 2.24) is 0 Å². The lowest BCUT2D eigenvalue weighted by Gasteiger charge is -2.44. The first-order chi connectivity index (χ1) is 14.0. The van der Waals surface area contributed by atoms with Crippen molar-refractivity contribution >= 4 is 22.1 Å². The summed E-state index contributed by atoms with van der Waals surface area (Å²) < 4.78 is 107. The number of esters is 2. The van der Waals surface area contributed by atoms with Gasteiger partial charge < -0.3 is 9.47 Å². The molecule has 6 unspecified atom stereocenters. The molecule has 3 bridgehead atoms. The molecule has 0 amide bonds. The van der Waals surface area contributed by atoms with Gasteiger partial charge in [0.05, 0.1) is 5.92 Å². The zero-order chi connectivity index (χ0) is 23.6. The molecule has 3 saturated carbocycles. The van der Waals surface area contributed by atoms with E-state index in [-0.39, 0.29) is 17.9 Å². The second kappa shape index (κ2) is 7.39. The first kappa shape index (κ1) is 23.9. The number of fused-ring (bicyclic) bond motifs is 2. The van der Waals surface area contributed by atoms with Crippen LogP contribution in [0.1, 0.15) is 39.0 Å². The highest BCUT2D eigenvalue weighted by Gasteiger charge is 2.67. The number of carbonyl (C=O) groups excluding carboxylic acids is 2. The van der Waals surface area contributed by atoms with E-state index in [1.54, 1.807) is 0 Å². The largest absolute Gasteiger partial charge is 0.456 e. The van der Waals surface area contributed by atoms with Crippen LogP contribution in [0.15, 0.2) is 12.2 Å². The summed E-state index contributed by atoms with van der Waals surface area (Å²) in [7, 11) is -6.51. The summed E-state index contributed by atoms with van der Waals surface area (Å²) in [5.41, 5.74) is -0.762. The Bertz CT molecular complexity index is 899. The molecule has 1 N–H and O–H groups in total.